The summed E-state index contributed by atoms with van der Waals surface area (Å²) in [7, 11) is 1.39. The van der Waals surface area contributed by atoms with Crippen LogP contribution in [0.2, 0.25) is 5.02 Å². The van der Waals surface area contributed by atoms with E-state index in [0.717, 1.165) is 24.9 Å². The van der Waals surface area contributed by atoms with Crippen molar-refractivity contribution < 1.29 is 27.8 Å². The Hall–Kier alpha value is -3.07. The third kappa shape index (κ3) is 3.65. The van der Waals surface area contributed by atoms with E-state index in [9.17, 15) is 14.3 Å². The van der Waals surface area contributed by atoms with Crippen molar-refractivity contribution in [3.8, 4) is 16.9 Å². The van der Waals surface area contributed by atoms with Gasteiger partial charge in [-0.2, -0.15) is 0 Å². The third-order valence-electron chi connectivity index (χ3n) is 8.07. The zero-order valence-corrected chi connectivity index (χ0v) is 21.3. The molecular weight excluding hydrogens is 517 g/mol. The molecule has 1 amide bonds. The zero-order chi connectivity index (χ0) is 26.8. The highest BCUT2D eigenvalue weighted by Gasteiger charge is 2.50. The number of aliphatic hydroxyl groups excluding tert-OH is 1. The number of aliphatic hydroxyl groups is 1. The molecule has 0 saturated carbocycles. The van der Waals surface area contributed by atoms with Crippen LogP contribution in [0.25, 0.3) is 11.1 Å². The van der Waals surface area contributed by atoms with Crippen molar-refractivity contribution in [3.63, 3.8) is 0 Å². The number of amides is 1. The molecule has 0 unspecified atom stereocenters. The molecule has 3 aliphatic rings. The van der Waals surface area contributed by atoms with Crippen LogP contribution in [0.3, 0.4) is 0 Å². The van der Waals surface area contributed by atoms with Gasteiger partial charge in [0.05, 0.1) is 16.6 Å². The van der Waals surface area contributed by atoms with E-state index in [0.29, 0.717) is 5.56 Å². The van der Waals surface area contributed by atoms with Crippen LogP contribution in [0.5, 0.6) is 5.75 Å². The minimum absolute atomic E-state index is 0.0223. The minimum Gasteiger partial charge on any atom is -0.480 e. The lowest BCUT2D eigenvalue weighted by Crippen LogP contribution is -2.48. The maximum Gasteiger partial charge on any atom is 0.251 e. The Balaban J connectivity index is 1.61. The fourth-order valence-corrected chi connectivity index (χ4v) is 6.55. The Bertz CT molecular complexity index is 1450. The molecule has 1 fully saturated rings. The summed E-state index contributed by atoms with van der Waals surface area (Å²) in [5.74, 6) is -2.26. The molecule has 0 spiro atoms. The summed E-state index contributed by atoms with van der Waals surface area (Å²) < 4.78 is 52.6. The first-order valence-electron chi connectivity index (χ1n) is 12.7. The Morgan fingerprint density at radius 1 is 1.21 bits per heavy atom. The van der Waals surface area contributed by atoms with E-state index in [1.165, 1.54) is 19.2 Å². The second-order valence-electron chi connectivity index (χ2n) is 10.1. The van der Waals surface area contributed by atoms with E-state index in [-0.39, 0.29) is 57.5 Å². The molecule has 38 heavy (non-hydrogen) atoms. The van der Waals surface area contributed by atoms with Gasteiger partial charge in [-0.15, -0.1) is 0 Å². The molecule has 4 atom stereocenters. The van der Waals surface area contributed by atoms with Crippen LogP contribution < -0.4 is 15.4 Å². The minimum atomic E-state index is -1.72. The molecule has 0 radical (unpaired) electrons. The maximum atomic E-state index is 16.3. The van der Waals surface area contributed by atoms with Crippen molar-refractivity contribution in [2.75, 3.05) is 13.6 Å². The quantitative estimate of drug-likeness (QED) is 0.426. The summed E-state index contributed by atoms with van der Waals surface area (Å²) in [5, 5.41) is 16.0. The first-order valence-corrected chi connectivity index (χ1v) is 13.0. The Morgan fingerprint density at radius 3 is 2.66 bits per heavy atom. The number of rotatable bonds is 4. The van der Waals surface area contributed by atoms with Crippen LogP contribution in [-0.2, 0) is 18.4 Å². The number of fused-ring (bicyclic) bond motifs is 2. The molecule has 9 heteroatoms. The van der Waals surface area contributed by atoms with Gasteiger partial charge in [0, 0.05) is 48.2 Å². The molecule has 3 aromatic carbocycles. The summed E-state index contributed by atoms with van der Waals surface area (Å²) >= 11 is 6.54. The highest BCUT2D eigenvalue weighted by Crippen LogP contribution is 2.53. The first-order chi connectivity index (χ1) is 18.3. The Labute approximate surface area is 223 Å². The molecule has 3 N–H and O–H groups in total. The predicted octanol–water partition coefficient (Wildman–Crippen LogP) is 5.15. The second kappa shape index (κ2) is 9.29. The summed E-state index contributed by atoms with van der Waals surface area (Å²) in [6, 6.07) is 12.0. The molecule has 198 valence electrons. The van der Waals surface area contributed by atoms with Crippen LogP contribution in [0.15, 0.2) is 42.5 Å². The lowest BCUT2D eigenvalue weighted by molar-refractivity contribution is 0.0539. The number of ether oxygens (including phenoxy) is 1. The van der Waals surface area contributed by atoms with E-state index in [1.807, 2.05) is 30.3 Å². The van der Waals surface area contributed by atoms with Crippen molar-refractivity contribution >= 4 is 17.5 Å². The number of carbonyl (C=O) groups is 1. The SMILES string of the molecule is CNC(=O)c1cc2c(c(F)c1-c1c(Cl)c(F)cc3c1C[C@](c1ccccc1)([C@@H]1CCCN1)O3)[C@@H](O)[C@@H](F)C2. The number of hydrogen-bond donors (Lipinski definition) is 3. The van der Waals surface area contributed by atoms with E-state index in [2.05, 4.69) is 10.6 Å². The Morgan fingerprint density at radius 2 is 1.97 bits per heavy atom. The number of benzene rings is 3. The van der Waals surface area contributed by atoms with Gasteiger partial charge >= 0.3 is 0 Å². The van der Waals surface area contributed by atoms with E-state index < -0.39 is 35.4 Å². The summed E-state index contributed by atoms with van der Waals surface area (Å²) in [6.45, 7) is 0.795. The fraction of sp³-hybridized carbons (Fsp3) is 0.345. The van der Waals surface area contributed by atoms with Gasteiger partial charge in [-0.3, -0.25) is 4.79 Å². The standard InChI is InChI=1S/C29H26ClF3N2O3/c1-34-28(37)16-10-14-11-19(32)27(36)22(14)26(33)24(16)23-17-13-29(21-8-5-9-35-21,15-6-3-2-4-7-15)38-20(17)12-18(31)25(23)30/h2-4,6-7,10,12,19,21,27,35-36H,5,8-9,11,13H2,1H3,(H,34,37)/t19-,21-,27-,29-/m0/s1. The molecule has 2 heterocycles. The normalized spacial score (nSPS) is 25.7. The van der Waals surface area contributed by atoms with Crippen LogP contribution in [-0.4, -0.2) is 36.8 Å². The average molecular weight is 543 g/mol. The van der Waals surface area contributed by atoms with Gasteiger partial charge in [-0.25, -0.2) is 13.2 Å². The van der Waals surface area contributed by atoms with Crippen LogP contribution in [0.1, 0.15) is 51.6 Å². The molecule has 1 aliphatic carbocycles. The van der Waals surface area contributed by atoms with Gasteiger partial charge < -0.3 is 20.5 Å². The fourth-order valence-electron chi connectivity index (χ4n) is 6.29. The van der Waals surface area contributed by atoms with Gasteiger partial charge in [0.2, 0.25) is 0 Å². The lowest BCUT2D eigenvalue weighted by Gasteiger charge is -2.35. The van der Waals surface area contributed by atoms with Crippen molar-refractivity contribution in [1.82, 2.24) is 10.6 Å². The number of hydrogen-bond acceptors (Lipinski definition) is 4. The highest BCUT2D eigenvalue weighted by atomic mass is 35.5. The Kier molecular flexibility index (Phi) is 6.17. The van der Waals surface area contributed by atoms with Gasteiger partial charge in [0.15, 0.2) is 5.60 Å². The van der Waals surface area contributed by atoms with E-state index in [1.54, 1.807) is 0 Å². The van der Waals surface area contributed by atoms with Gasteiger partial charge in [0.25, 0.3) is 5.91 Å². The summed E-state index contributed by atoms with van der Waals surface area (Å²) in [4.78, 5) is 13.0. The topological polar surface area (TPSA) is 70.6 Å². The average Bonchev–Trinajstić information content (AvgIpc) is 3.65. The molecule has 5 nitrogen and oxygen atoms in total. The third-order valence-corrected chi connectivity index (χ3v) is 8.44. The van der Waals surface area contributed by atoms with Crippen molar-refractivity contribution in [3.05, 3.63) is 86.9 Å². The maximum absolute atomic E-state index is 16.3. The zero-order valence-electron chi connectivity index (χ0n) is 20.6. The number of nitrogens with one attached hydrogen (secondary N) is 2. The molecule has 0 aromatic heterocycles. The molecule has 2 aliphatic heterocycles. The summed E-state index contributed by atoms with van der Waals surface area (Å²) in [6.07, 6.45) is -1.68. The number of halogens is 4. The molecule has 3 aromatic rings. The van der Waals surface area contributed by atoms with Gasteiger partial charge in [-0.1, -0.05) is 41.9 Å². The lowest BCUT2D eigenvalue weighted by atomic mass is 9.80. The summed E-state index contributed by atoms with van der Waals surface area (Å²) in [5.41, 5.74) is -0.0581. The largest absolute Gasteiger partial charge is 0.480 e. The molecule has 6 rings (SSSR count). The molecular formula is C29H26ClF3N2O3. The number of alkyl halides is 1. The van der Waals surface area contributed by atoms with Crippen LogP contribution in [0, 0.1) is 11.6 Å². The van der Waals surface area contributed by atoms with Crippen LogP contribution >= 0.6 is 11.6 Å². The van der Waals surface area contributed by atoms with Gasteiger partial charge in [-0.05, 0) is 36.6 Å². The van der Waals surface area contributed by atoms with E-state index in [4.69, 9.17) is 16.3 Å². The second-order valence-corrected chi connectivity index (χ2v) is 10.5. The van der Waals surface area contributed by atoms with Crippen molar-refractivity contribution in [2.45, 2.75) is 49.6 Å². The monoisotopic (exact) mass is 542 g/mol. The van der Waals surface area contributed by atoms with Crippen LogP contribution in [0.4, 0.5) is 13.2 Å². The smallest absolute Gasteiger partial charge is 0.251 e. The number of carbonyl (C=O) groups excluding carboxylic acids is 1. The van der Waals surface area contributed by atoms with E-state index >= 15 is 8.78 Å². The highest BCUT2D eigenvalue weighted by molar-refractivity contribution is 6.34. The van der Waals surface area contributed by atoms with Gasteiger partial charge in [0.1, 0.15) is 29.7 Å². The van der Waals surface area contributed by atoms with Crippen molar-refractivity contribution in [2.24, 2.45) is 0 Å². The molecule has 1 saturated heterocycles. The predicted molar refractivity (Wildman–Crippen MR) is 137 cm³/mol. The molecule has 0 bridgehead atoms. The first kappa shape index (κ1) is 25.2. The van der Waals surface area contributed by atoms with Crippen molar-refractivity contribution in [1.29, 1.82) is 0 Å².